The first-order chi connectivity index (χ1) is 9.25. The minimum Gasteiger partial charge on any atom is -0.491 e. The highest BCUT2D eigenvalue weighted by Gasteiger charge is 2.00. The van der Waals surface area contributed by atoms with Crippen LogP contribution in [0.3, 0.4) is 0 Å². The van der Waals surface area contributed by atoms with Crippen LogP contribution in [0.5, 0.6) is 5.75 Å². The Labute approximate surface area is 111 Å². The lowest BCUT2D eigenvalue weighted by Gasteiger charge is -2.08. The molecule has 2 N–H and O–H groups in total. The van der Waals surface area contributed by atoms with E-state index in [0.29, 0.717) is 30.2 Å². The molecule has 0 fully saturated rings. The van der Waals surface area contributed by atoms with E-state index in [9.17, 15) is 4.39 Å². The molecule has 0 amide bonds. The Hall–Kier alpha value is -2.07. The summed E-state index contributed by atoms with van der Waals surface area (Å²) in [6, 6.07) is 13.7. The topological polar surface area (TPSA) is 44.5 Å². The second-order valence-corrected chi connectivity index (χ2v) is 4.06. The van der Waals surface area contributed by atoms with E-state index in [1.54, 1.807) is 30.3 Å². The highest BCUT2D eigenvalue weighted by atomic mass is 19.1. The molecule has 2 aromatic carbocycles. The predicted molar refractivity (Wildman–Crippen MR) is 72.4 cm³/mol. The summed E-state index contributed by atoms with van der Waals surface area (Å²) in [5.41, 5.74) is 6.83. The molecule has 0 atom stereocenters. The van der Waals surface area contributed by atoms with Crippen molar-refractivity contribution >= 4 is 5.69 Å². The Balaban J connectivity index is 1.69. The van der Waals surface area contributed by atoms with Gasteiger partial charge < -0.3 is 15.2 Å². The van der Waals surface area contributed by atoms with Crippen LogP contribution in [0.15, 0.2) is 48.5 Å². The quantitative estimate of drug-likeness (QED) is 0.642. The van der Waals surface area contributed by atoms with Gasteiger partial charge >= 0.3 is 0 Å². The van der Waals surface area contributed by atoms with Gasteiger partial charge in [-0.2, -0.15) is 0 Å². The van der Waals surface area contributed by atoms with Crippen LogP contribution in [0.25, 0.3) is 0 Å². The van der Waals surface area contributed by atoms with Gasteiger partial charge in [-0.3, -0.25) is 0 Å². The number of nitrogen functional groups attached to an aromatic ring is 1. The molecule has 19 heavy (non-hydrogen) atoms. The number of halogens is 1. The van der Waals surface area contributed by atoms with Gasteiger partial charge in [-0.05, 0) is 18.2 Å². The maximum atomic E-state index is 13.3. The average Bonchev–Trinajstić information content (AvgIpc) is 2.40. The summed E-state index contributed by atoms with van der Waals surface area (Å²) in [7, 11) is 0. The van der Waals surface area contributed by atoms with Crippen molar-refractivity contribution in [3.05, 3.63) is 59.9 Å². The molecule has 100 valence electrons. The van der Waals surface area contributed by atoms with Gasteiger partial charge in [0.15, 0.2) is 0 Å². The smallest absolute Gasteiger partial charge is 0.128 e. The van der Waals surface area contributed by atoms with E-state index in [1.165, 1.54) is 6.07 Å². The maximum absolute atomic E-state index is 13.3. The van der Waals surface area contributed by atoms with Crippen LogP contribution < -0.4 is 10.5 Å². The standard InChI is InChI=1S/C15H16FNO2/c16-15-7-2-1-4-12(15)11-18-8-9-19-14-6-3-5-13(17)10-14/h1-7,10H,8-9,11,17H2. The Morgan fingerprint density at radius 2 is 1.84 bits per heavy atom. The van der Waals surface area contributed by atoms with Crippen molar-refractivity contribution in [1.82, 2.24) is 0 Å². The van der Waals surface area contributed by atoms with Crippen molar-refractivity contribution in [3.8, 4) is 5.75 Å². The zero-order valence-corrected chi connectivity index (χ0v) is 10.5. The molecule has 0 aliphatic carbocycles. The lowest BCUT2D eigenvalue weighted by molar-refractivity contribution is 0.0872. The summed E-state index contributed by atoms with van der Waals surface area (Å²) >= 11 is 0. The van der Waals surface area contributed by atoms with Crippen molar-refractivity contribution in [2.24, 2.45) is 0 Å². The van der Waals surface area contributed by atoms with Gasteiger partial charge in [0, 0.05) is 17.3 Å². The predicted octanol–water partition coefficient (Wildman–Crippen LogP) is 3.00. The minimum absolute atomic E-state index is 0.243. The number of anilines is 1. The van der Waals surface area contributed by atoms with E-state index in [0.717, 1.165) is 0 Å². The number of hydrogen-bond donors (Lipinski definition) is 1. The highest BCUT2D eigenvalue weighted by molar-refractivity contribution is 5.43. The third-order valence-corrected chi connectivity index (χ3v) is 2.57. The Kier molecular flexibility index (Phi) is 4.75. The third-order valence-electron chi connectivity index (χ3n) is 2.57. The molecule has 0 heterocycles. The van der Waals surface area contributed by atoms with Crippen molar-refractivity contribution in [1.29, 1.82) is 0 Å². The maximum Gasteiger partial charge on any atom is 0.128 e. The zero-order chi connectivity index (χ0) is 13.5. The van der Waals surface area contributed by atoms with Gasteiger partial charge in [0.1, 0.15) is 18.2 Å². The van der Waals surface area contributed by atoms with Crippen LogP contribution in [-0.4, -0.2) is 13.2 Å². The normalized spacial score (nSPS) is 10.4. The van der Waals surface area contributed by atoms with Crippen LogP contribution in [0.4, 0.5) is 10.1 Å². The van der Waals surface area contributed by atoms with E-state index in [4.69, 9.17) is 15.2 Å². The van der Waals surface area contributed by atoms with Gasteiger partial charge in [-0.25, -0.2) is 4.39 Å². The Bertz CT molecular complexity index is 531. The fraction of sp³-hybridized carbons (Fsp3) is 0.200. The summed E-state index contributed by atoms with van der Waals surface area (Å²) in [4.78, 5) is 0. The molecule has 0 radical (unpaired) electrons. The number of benzene rings is 2. The molecule has 0 unspecified atom stereocenters. The first-order valence-corrected chi connectivity index (χ1v) is 6.05. The third kappa shape index (κ3) is 4.26. The lowest BCUT2D eigenvalue weighted by Crippen LogP contribution is -2.07. The number of ether oxygens (including phenoxy) is 2. The van der Waals surface area contributed by atoms with Crippen LogP contribution in [0.1, 0.15) is 5.56 Å². The second kappa shape index (κ2) is 6.75. The summed E-state index contributed by atoms with van der Waals surface area (Å²) in [6.45, 7) is 1.04. The van der Waals surface area contributed by atoms with Gasteiger partial charge in [-0.1, -0.05) is 24.3 Å². The molecule has 4 heteroatoms. The van der Waals surface area contributed by atoms with Crippen LogP contribution in [0.2, 0.25) is 0 Å². The van der Waals surface area contributed by atoms with E-state index in [-0.39, 0.29) is 12.4 Å². The van der Waals surface area contributed by atoms with Gasteiger partial charge in [-0.15, -0.1) is 0 Å². The monoisotopic (exact) mass is 261 g/mol. The number of hydrogen-bond acceptors (Lipinski definition) is 3. The molecule has 3 nitrogen and oxygen atoms in total. The molecule has 0 bridgehead atoms. The van der Waals surface area contributed by atoms with Crippen molar-refractivity contribution < 1.29 is 13.9 Å². The van der Waals surface area contributed by atoms with Gasteiger partial charge in [0.2, 0.25) is 0 Å². The van der Waals surface area contributed by atoms with Crippen LogP contribution in [0, 0.1) is 5.82 Å². The summed E-state index contributed by atoms with van der Waals surface area (Å²) in [5, 5.41) is 0. The molecule has 2 aromatic rings. The molecule has 0 aromatic heterocycles. The number of nitrogens with two attached hydrogens (primary N) is 1. The van der Waals surface area contributed by atoms with Gasteiger partial charge in [0.25, 0.3) is 0 Å². The summed E-state index contributed by atoms with van der Waals surface area (Å²) < 4.78 is 24.1. The first-order valence-electron chi connectivity index (χ1n) is 6.05. The summed E-state index contributed by atoms with van der Waals surface area (Å²) in [5.74, 6) is 0.453. The highest BCUT2D eigenvalue weighted by Crippen LogP contribution is 2.14. The average molecular weight is 261 g/mol. The lowest BCUT2D eigenvalue weighted by atomic mass is 10.2. The second-order valence-electron chi connectivity index (χ2n) is 4.06. The first kappa shape index (κ1) is 13.4. The molecule has 0 aliphatic heterocycles. The van der Waals surface area contributed by atoms with E-state index < -0.39 is 0 Å². The van der Waals surface area contributed by atoms with E-state index >= 15 is 0 Å². The molecular weight excluding hydrogens is 245 g/mol. The van der Waals surface area contributed by atoms with Gasteiger partial charge in [0.05, 0.1) is 13.2 Å². The largest absolute Gasteiger partial charge is 0.491 e. The molecule has 0 saturated heterocycles. The van der Waals surface area contributed by atoms with Crippen LogP contribution >= 0.6 is 0 Å². The molecule has 0 saturated carbocycles. The van der Waals surface area contributed by atoms with E-state index in [2.05, 4.69) is 0 Å². The van der Waals surface area contributed by atoms with Crippen molar-refractivity contribution in [3.63, 3.8) is 0 Å². The van der Waals surface area contributed by atoms with Crippen molar-refractivity contribution in [2.75, 3.05) is 18.9 Å². The zero-order valence-electron chi connectivity index (χ0n) is 10.5. The van der Waals surface area contributed by atoms with Crippen LogP contribution in [-0.2, 0) is 11.3 Å². The fourth-order valence-corrected chi connectivity index (χ4v) is 1.62. The minimum atomic E-state index is -0.251. The Morgan fingerprint density at radius 3 is 2.63 bits per heavy atom. The molecular formula is C15H16FNO2. The van der Waals surface area contributed by atoms with E-state index in [1.807, 2.05) is 12.1 Å². The molecule has 2 rings (SSSR count). The SMILES string of the molecule is Nc1cccc(OCCOCc2ccccc2F)c1. The Morgan fingerprint density at radius 1 is 1.00 bits per heavy atom. The number of rotatable bonds is 6. The summed E-state index contributed by atoms with van der Waals surface area (Å²) in [6.07, 6.45) is 0. The van der Waals surface area contributed by atoms with Crippen molar-refractivity contribution in [2.45, 2.75) is 6.61 Å². The fourth-order valence-electron chi connectivity index (χ4n) is 1.62. The molecule has 0 aliphatic rings. The molecule has 0 spiro atoms.